The Hall–Kier alpha value is -1.10. The molecule has 2 aromatic rings. The Kier molecular flexibility index (Phi) is 5.57. The number of fused-ring (bicyclic) bond motifs is 1. The van der Waals surface area contributed by atoms with E-state index in [4.69, 9.17) is 11.6 Å². The normalized spacial score (nSPS) is 16.7. The molecule has 0 bridgehead atoms. The third kappa shape index (κ3) is 4.46. The summed E-state index contributed by atoms with van der Waals surface area (Å²) in [5, 5.41) is 3.87. The third-order valence-electron chi connectivity index (χ3n) is 3.74. The van der Waals surface area contributed by atoms with Crippen LogP contribution in [0.5, 0.6) is 0 Å². The van der Waals surface area contributed by atoms with Crippen molar-refractivity contribution in [2.45, 2.75) is 29.2 Å². The molecule has 120 valence electrons. The Morgan fingerprint density at radius 1 is 1.30 bits per heavy atom. The Morgan fingerprint density at radius 3 is 2.87 bits per heavy atom. The lowest BCUT2D eigenvalue weighted by atomic mass is 10.0. The van der Waals surface area contributed by atoms with E-state index in [1.54, 1.807) is 11.8 Å². The fraction of sp³-hybridized carbons (Fsp3) is 0.278. The van der Waals surface area contributed by atoms with E-state index in [1.165, 1.54) is 10.5 Å². The van der Waals surface area contributed by atoms with Gasteiger partial charge in [-0.3, -0.25) is 4.79 Å². The van der Waals surface area contributed by atoms with E-state index in [0.29, 0.717) is 5.75 Å². The molecule has 3 rings (SSSR count). The molecule has 2 aromatic carbocycles. The zero-order chi connectivity index (χ0) is 16.2. The molecule has 1 atom stereocenters. The number of nitrogens with one attached hydrogen (secondary N) is 1. The van der Waals surface area contributed by atoms with Crippen LogP contribution in [0, 0.1) is 6.92 Å². The lowest BCUT2D eigenvalue weighted by molar-refractivity contribution is -0.119. The first-order valence-electron chi connectivity index (χ1n) is 7.53. The van der Waals surface area contributed by atoms with Crippen molar-refractivity contribution in [3.05, 3.63) is 58.6 Å². The van der Waals surface area contributed by atoms with Crippen LogP contribution in [0.4, 0.5) is 0 Å². The third-order valence-corrected chi connectivity index (χ3v) is 6.11. The summed E-state index contributed by atoms with van der Waals surface area (Å²) in [6, 6.07) is 14.2. The van der Waals surface area contributed by atoms with Crippen LogP contribution in [0.2, 0.25) is 5.02 Å². The monoisotopic (exact) mass is 363 g/mol. The van der Waals surface area contributed by atoms with Crippen LogP contribution in [0.1, 0.15) is 23.6 Å². The van der Waals surface area contributed by atoms with Gasteiger partial charge in [-0.05, 0) is 49.2 Å². The molecule has 1 unspecified atom stereocenters. The summed E-state index contributed by atoms with van der Waals surface area (Å²) >= 11 is 9.50. The molecule has 0 saturated carbocycles. The van der Waals surface area contributed by atoms with Crippen LogP contribution in [0.25, 0.3) is 0 Å². The summed E-state index contributed by atoms with van der Waals surface area (Å²) < 4.78 is 0. The van der Waals surface area contributed by atoms with Crippen molar-refractivity contribution in [1.29, 1.82) is 0 Å². The van der Waals surface area contributed by atoms with Gasteiger partial charge in [0, 0.05) is 20.6 Å². The van der Waals surface area contributed by atoms with E-state index in [0.717, 1.165) is 27.7 Å². The Labute approximate surface area is 150 Å². The zero-order valence-electron chi connectivity index (χ0n) is 12.8. The number of rotatable bonds is 4. The van der Waals surface area contributed by atoms with Gasteiger partial charge < -0.3 is 5.32 Å². The summed E-state index contributed by atoms with van der Waals surface area (Å²) in [7, 11) is 0. The van der Waals surface area contributed by atoms with Gasteiger partial charge in [0.05, 0.1) is 11.8 Å². The second-order valence-electron chi connectivity index (χ2n) is 5.54. The minimum absolute atomic E-state index is 0.0658. The standard InChI is InChI=1S/C18H18ClNOS2/c1-12-2-5-14(6-3-12)23-11-18(21)20-16-8-9-22-17-7-4-13(19)10-15(16)17/h2-7,10,16H,8-9,11H2,1H3,(H,20,21). The molecule has 1 amide bonds. The van der Waals surface area contributed by atoms with Gasteiger partial charge in [0.1, 0.15) is 0 Å². The van der Waals surface area contributed by atoms with Gasteiger partial charge in [-0.15, -0.1) is 23.5 Å². The van der Waals surface area contributed by atoms with E-state index in [9.17, 15) is 4.79 Å². The highest BCUT2D eigenvalue weighted by Gasteiger charge is 2.22. The molecular weight excluding hydrogens is 346 g/mol. The van der Waals surface area contributed by atoms with Gasteiger partial charge in [-0.1, -0.05) is 29.3 Å². The number of halogens is 1. The van der Waals surface area contributed by atoms with Gasteiger partial charge in [-0.25, -0.2) is 0 Å². The summed E-state index contributed by atoms with van der Waals surface area (Å²) in [5.41, 5.74) is 2.37. The fourth-order valence-electron chi connectivity index (χ4n) is 2.53. The molecular formula is C18H18ClNOS2. The molecule has 0 spiro atoms. The molecule has 0 radical (unpaired) electrons. The Bertz CT molecular complexity index is 703. The topological polar surface area (TPSA) is 29.1 Å². The lowest BCUT2D eigenvalue weighted by Gasteiger charge is -2.26. The fourth-order valence-corrected chi connectivity index (χ4v) is 4.53. The van der Waals surface area contributed by atoms with E-state index >= 15 is 0 Å². The summed E-state index contributed by atoms with van der Waals surface area (Å²) in [5.74, 6) is 1.52. The predicted octanol–water partition coefficient (Wildman–Crippen LogP) is 5.09. The van der Waals surface area contributed by atoms with Crippen molar-refractivity contribution in [2.24, 2.45) is 0 Å². The first-order chi connectivity index (χ1) is 11.1. The van der Waals surface area contributed by atoms with E-state index in [2.05, 4.69) is 36.5 Å². The highest BCUT2D eigenvalue weighted by Crippen LogP contribution is 2.37. The molecule has 1 aliphatic rings. The minimum atomic E-state index is 0.0658. The summed E-state index contributed by atoms with van der Waals surface area (Å²) in [4.78, 5) is 14.6. The van der Waals surface area contributed by atoms with Crippen molar-refractivity contribution in [2.75, 3.05) is 11.5 Å². The number of hydrogen-bond acceptors (Lipinski definition) is 3. The first-order valence-corrected chi connectivity index (χ1v) is 9.88. The largest absolute Gasteiger partial charge is 0.349 e. The molecule has 1 aliphatic heterocycles. The smallest absolute Gasteiger partial charge is 0.230 e. The molecule has 1 N–H and O–H groups in total. The van der Waals surface area contributed by atoms with Crippen LogP contribution in [0.3, 0.4) is 0 Å². The number of thioether (sulfide) groups is 2. The second kappa shape index (κ2) is 7.65. The Morgan fingerprint density at radius 2 is 2.09 bits per heavy atom. The van der Waals surface area contributed by atoms with Crippen molar-refractivity contribution >= 4 is 41.0 Å². The average Bonchev–Trinajstić information content (AvgIpc) is 2.55. The van der Waals surface area contributed by atoms with Crippen LogP contribution < -0.4 is 5.32 Å². The van der Waals surface area contributed by atoms with Crippen LogP contribution in [-0.2, 0) is 4.79 Å². The molecule has 1 heterocycles. The number of carbonyl (C=O) groups excluding carboxylic acids is 1. The average molecular weight is 364 g/mol. The van der Waals surface area contributed by atoms with E-state index in [-0.39, 0.29) is 11.9 Å². The minimum Gasteiger partial charge on any atom is -0.349 e. The van der Waals surface area contributed by atoms with Crippen molar-refractivity contribution < 1.29 is 4.79 Å². The predicted molar refractivity (Wildman–Crippen MR) is 99.6 cm³/mol. The highest BCUT2D eigenvalue weighted by atomic mass is 35.5. The molecule has 0 aromatic heterocycles. The van der Waals surface area contributed by atoms with Crippen LogP contribution in [-0.4, -0.2) is 17.4 Å². The lowest BCUT2D eigenvalue weighted by Crippen LogP contribution is -2.31. The highest BCUT2D eigenvalue weighted by molar-refractivity contribution is 8.00. The van der Waals surface area contributed by atoms with Gasteiger partial charge in [0.25, 0.3) is 0 Å². The zero-order valence-corrected chi connectivity index (χ0v) is 15.2. The Balaban J connectivity index is 1.60. The van der Waals surface area contributed by atoms with Gasteiger partial charge in [0.15, 0.2) is 0 Å². The SMILES string of the molecule is Cc1ccc(SCC(=O)NC2CCSc3ccc(Cl)cc32)cc1. The van der Waals surface area contributed by atoms with Gasteiger partial charge in [0.2, 0.25) is 5.91 Å². The van der Waals surface area contributed by atoms with Gasteiger partial charge in [-0.2, -0.15) is 0 Å². The first kappa shape index (κ1) is 16.7. The van der Waals surface area contributed by atoms with E-state index in [1.807, 2.05) is 30.0 Å². The molecule has 0 aliphatic carbocycles. The number of benzene rings is 2. The summed E-state index contributed by atoms with van der Waals surface area (Å²) in [6.45, 7) is 2.06. The number of aryl methyl sites for hydroxylation is 1. The maximum absolute atomic E-state index is 12.3. The maximum Gasteiger partial charge on any atom is 0.230 e. The second-order valence-corrected chi connectivity index (χ2v) is 8.16. The number of hydrogen-bond donors (Lipinski definition) is 1. The number of amides is 1. The van der Waals surface area contributed by atoms with Gasteiger partial charge >= 0.3 is 0 Å². The van der Waals surface area contributed by atoms with Crippen molar-refractivity contribution in [3.8, 4) is 0 Å². The van der Waals surface area contributed by atoms with Crippen molar-refractivity contribution in [1.82, 2.24) is 5.32 Å². The quantitative estimate of drug-likeness (QED) is 0.767. The molecule has 0 fully saturated rings. The maximum atomic E-state index is 12.3. The molecule has 2 nitrogen and oxygen atoms in total. The number of carbonyl (C=O) groups is 1. The van der Waals surface area contributed by atoms with Crippen LogP contribution >= 0.6 is 35.1 Å². The molecule has 23 heavy (non-hydrogen) atoms. The summed E-state index contributed by atoms with van der Waals surface area (Å²) in [6.07, 6.45) is 0.943. The van der Waals surface area contributed by atoms with Crippen LogP contribution in [0.15, 0.2) is 52.3 Å². The molecule has 5 heteroatoms. The molecule has 0 saturated heterocycles. The van der Waals surface area contributed by atoms with E-state index < -0.39 is 0 Å². The van der Waals surface area contributed by atoms with Crippen molar-refractivity contribution in [3.63, 3.8) is 0 Å².